The van der Waals surface area contributed by atoms with Crippen LogP contribution in [0.4, 0.5) is 4.79 Å². The van der Waals surface area contributed by atoms with Crippen molar-refractivity contribution in [1.82, 2.24) is 25.1 Å². The van der Waals surface area contributed by atoms with Crippen LogP contribution < -0.4 is 5.32 Å². The summed E-state index contributed by atoms with van der Waals surface area (Å²) in [6.07, 6.45) is 4.14. The van der Waals surface area contributed by atoms with Crippen LogP contribution in [0.1, 0.15) is 31.7 Å². The minimum Gasteiger partial charge on any atom is -0.322 e. The van der Waals surface area contributed by atoms with E-state index < -0.39 is 5.54 Å². The number of urea groups is 1. The number of nitrogens with zero attached hydrogens (tertiary/aromatic N) is 4. The van der Waals surface area contributed by atoms with Gasteiger partial charge in [0, 0.05) is 38.1 Å². The number of aromatic nitrogens is 2. The monoisotopic (exact) mass is 303 g/mol. The number of carbonyl (C=O) groups excluding carboxylic acids is 2. The molecule has 7 nitrogen and oxygen atoms in total. The van der Waals surface area contributed by atoms with E-state index in [1.165, 1.54) is 4.90 Å². The average molecular weight is 303 g/mol. The fourth-order valence-electron chi connectivity index (χ4n) is 3.14. The number of hydrogen-bond donors (Lipinski definition) is 1. The summed E-state index contributed by atoms with van der Waals surface area (Å²) in [4.78, 5) is 36.7. The summed E-state index contributed by atoms with van der Waals surface area (Å²) in [6, 6.07) is -0.402. The maximum atomic E-state index is 12.6. The quantitative estimate of drug-likeness (QED) is 0.831. The molecule has 0 aliphatic carbocycles. The van der Waals surface area contributed by atoms with E-state index in [2.05, 4.69) is 20.2 Å². The summed E-state index contributed by atoms with van der Waals surface area (Å²) in [7, 11) is 0. The smallest absolute Gasteiger partial charge is 0.322 e. The number of likely N-dealkylation sites (tertiary alicyclic amines) is 1. The van der Waals surface area contributed by atoms with Crippen LogP contribution in [0.3, 0.4) is 0 Å². The number of amides is 3. The topological polar surface area (TPSA) is 78.4 Å². The van der Waals surface area contributed by atoms with Crippen molar-refractivity contribution in [3.8, 4) is 0 Å². The molecule has 3 rings (SSSR count). The van der Waals surface area contributed by atoms with E-state index in [-0.39, 0.29) is 18.0 Å². The van der Waals surface area contributed by atoms with Crippen molar-refractivity contribution in [1.29, 1.82) is 0 Å². The molecule has 1 aromatic heterocycles. The second-order valence-corrected chi connectivity index (χ2v) is 6.39. The standard InChI is InChI=1S/C15H21N5O2/c1-10(2)20-13(21)15(18-14(20)22)4-5-19(9-15)8-12-7-16-11(3)6-17-12/h6-7,10H,4-5,8-9H2,1-3H3,(H,18,22)/t15-/m1/s1. The maximum absolute atomic E-state index is 12.6. The number of imide groups is 1. The molecule has 118 valence electrons. The highest BCUT2D eigenvalue weighted by atomic mass is 16.2. The second kappa shape index (κ2) is 5.31. The Hall–Kier alpha value is -2.02. The van der Waals surface area contributed by atoms with E-state index in [0.717, 1.165) is 17.9 Å². The SMILES string of the molecule is Cc1cnc(CN2CC[C@]3(C2)NC(=O)N(C(C)C)C3=O)cn1. The van der Waals surface area contributed by atoms with Crippen LogP contribution in [-0.2, 0) is 11.3 Å². The van der Waals surface area contributed by atoms with Gasteiger partial charge in [-0.2, -0.15) is 0 Å². The summed E-state index contributed by atoms with van der Waals surface area (Å²) >= 11 is 0. The van der Waals surface area contributed by atoms with E-state index in [9.17, 15) is 9.59 Å². The predicted octanol–water partition coefficient (Wildman–Crippen LogP) is 0.690. The van der Waals surface area contributed by atoms with Crippen molar-refractivity contribution in [2.24, 2.45) is 0 Å². The van der Waals surface area contributed by atoms with Gasteiger partial charge in [-0.15, -0.1) is 0 Å². The molecular weight excluding hydrogens is 282 g/mol. The Kier molecular flexibility index (Phi) is 3.60. The highest BCUT2D eigenvalue weighted by molar-refractivity contribution is 6.07. The van der Waals surface area contributed by atoms with E-state index in [0.29, 0.717) is 19.5 Å². The van der Waals surface area contributed by atoms with Gasteiger partial charge in [-0.1, -0.05) is 0 Å². The van der Waals surface area contributed by atoms with Gasteiger partial charge in [0.05, 0.1) is 11.4 Å². The average Bonchev–Trinajstić information content (AvgIpc) is 2.95. The van der Waals surface area contributed by atoms with Gasteiger partial charge in [0.25, 0.3) is 5.91 Å². The molecule has 1 aromatic rings. The largest absolute Gasteiger partial charge is 0.325 e. The molecule has 3 amide bonds. The molecule has 1 atom stereocenters. The first-order valence-corrected chi connectivity index (χ1v) is 7.57. The van der Waals surface area contributed by atoms with Crippen molar-refractivity contribution >= 4 is 11.9 Å². The highest BCUT2D eigenvalue weighted by Gasteiger charge is 2.55. The van der Waals surface area contributed by atoms with Crippen molar-refractivity contribution in [3.05, 3.63) is 23.8 Å². The minimum atomic E-state index is -0.764. The molecule has 1 N–H and O–H groups in total. The number of rotatable bonds is 3. The molecule has 0 aromatic carbocycles. The van der Waals surface area contributed by atoms with Crippen LogP contribution in [-0.4, -0.2) is 56.4 Å². The highest BCUT2D eigenvalue weighted by Crippen LogP contribution is 2.30. The third kappa shape index (κ3) is 2.45. The summed E-state index contributed by atoms with van der Waals surface area (Å²) in [5.74, 6) is -0.106. The Morgan fingerprint density at radius 1 is 1.32 bits per heavy atom. The Balaban J connectivity index is 1.71. The molecule has 2 fully saturated rings. The maximum Gasteiger partial charge on any atom is 0.325 e. The lowest BCUT2D eigenvalue weighted by Crippen LogP contribution is -2.49. The molecule has 3 heterocycles. The zero-order valence-electron chi connectivity index (χ0n) is 13.2. The Morgan fingerprint density at radius 2 is 2.09 bits per heavy atom. The molecule has 0 bridgehead atoms. The fourth-order valence-corrected chi connectivity index (χ4v) is 3.14. The number of nitrogens with one attached hydrogen (secondary N) is 1. The minimum absolute atomic E-state index is 0.106. The van der Waals surface area contributed by atoms with Crippen LogP contribution in [0.2, 0.25) is 0 Å². The van der Waals surface area contributed by atoms with Crippen molar-refractivity contribution in [2.45, 2.75) is 45.3 Å². The lowest BCUT2D eigenvalue weighted by atomic mass is 9.98. The van der Waals surface area contributed by atoms with Crippen molar-refractivity contribution in [2.75, 3.05) is 13.1 Å². The molecule has 0 unspecified atom stereocenters. The van der Waals surface area contributed by atoms with Crippen LogP contribution in [0, 0.1) is 6.92 Å². The number of carbonyl (C=O) groups is 2. The number of hydrogen-bond acceptors (Lipinski definition) is 5. The molecule has 2 saturated heterocycles. The summed E-state index contributed by atoms with van der Waals surface area (Å²) < 4.78 is 0. The van der Waals surface area contributed by atoms with Gasteiger partial charge in [0.2, 0.25) is 0 Å². The molecule has 2 aliphatic heterocycles. The van der Waals surface area contributed by atoms with Gasteiger partial charge >= 0.3 is 6.03 Å². The lowest BCUT2D eigenvalue weighted by molar-refractivity contribution is -0.132. The molecule has 2 aliphatic rings. The zero-order chi connectivity index (χ0) is 15.9. The molecule has 0 radical (unpaired) electrons. The van der Waals surface area contributed by atoms with E-state index >= 15 is 0 Å². The molecule has 1 spiro atoms. The Morgan fingerprint density at radius 3 is 2.68 bits per heavy atom. The van der Waals surface area contributed by atoms with E-state index in [1.807, 2.05) is 20.8 Å². The summed E-state index contributed by atoms with van der Waals surface area (Å²) in [5.41, 5.74) is 0.993. The third-order valence-corrected chi connectivity index (χ3v) is 4.28. The third-order valence-electron chi connectivity index (χ3n) is 4.28. The lowest BCUT2D eigenvalue weighted by Gasteiger charge is -2.23. The molecule has 22 heavy (non-hydrogen) atoms. The van der Waals surface area contributed by atoms with Gasteiger partial charge < -0.3 is 5.32 Å². The second-order valence-electron chi connectivity index (χ2n) is 6.39. The van der Waals surface area contributed by atoms with Crippen molar-refractivity contribution in [3.63, 3.8) is 0 Å². The van der Waals surface area contributed by atoms with E-state index in [4.69, 9.17) is 0 Å². The first-order valence-electron chi connectivity index (χ1n) is 7.57. The van der Waals surface area contributed by atoms with Crippen LogP contribution in [0.15, 0.2) is 12.4 Å². The van der Waals surface area contributed by atoms with Gasteiger partial charge in [0.15, 0.2) is 0 Å². The Bertz CT molecular complexity index is 600. The van der Waals surface area contributed by atoms with Crippen LogP contribution >= 0.6 is 0 Å². The van der Waals surface area contributed by atoms with Crippen LogP contribution in [0.5, 0.6) is 0 Å². The van der Waals surface area contributed by atoms with Gasteiger partial charge in [0.1, 0.15) is 5.54 Å². The first kappa shape index (κ1) is 14.9. The van der Waals surface area contributed by atoms with Gasteiger partial charge in [-0.3, -0.25) is 24.6 Å². The molecular formula is C15H21N5O2. The molecule has 0 saturated carbocycles. The van der Waals surface area contributed by atoms with Gasteiger partial charge in [-0.05, 0) is 27.2 Å². The first-order chi connectivity index (χ1) is 10.4. The zero-order valence-corrected chi connectivity index (χ0v) is 13.2. The molecule has 7 heteroatoms. The summed E-state index contributed by atoms with van der Waals surface area (Å²) in [6.45, 7) is 7.52. The van der Waals surface area contributed by atoms with Crippen LogP contribution in [0.25, 0.3) is 0 Å². The number of aryl methyl sites for hydroxylation is 1. The predicted molar refractivity (Wildman–Crippen MR) is 79.9 cm³/mol. The van der Waals surface area contributed by atoms with Gasteiger partial charge in [-0.25, -0.2) is 4.79 Å². The van der Waals surface area contributed by atoms with Crippen molar-refractivity contribution < 1.29 is 9.59 Å². The Labute approximate surface area is 129 Å². The summed E-state index contributed by atoms with van der Waals surface area (Å²) in [5, 5.41) is 2.90. The fraction of sp³-hybridized carbons (Fsp3) is 0.600. The van der Waals surface area contributed by atoms with E-state index in [1.54, 1.807) is 12.4 Å². The normalized spacial score (nSPS) is 25.5.